The quantitative estimate of drug-likeness (QED) is 0.585. The van der Waals surface area contributed by atoms with Crippen molar-refractivity contribution in [1.29, 1.82) is 0 Å². The summed E-state index contributed by atoms with van der Waals surface area (Å²) in [5.41, 5.74) is 1.97. The molecule has 1 rings (SSSR count). The Hall–Kier alpha value is -1.19. The van der Waals surface area contributed by atoms with Gasteiger partial charge in [-0.25, -0.2) is 0 Å². The molecule has 0 aliphatic heterocycles. The predicted octanol–water partition coefficient (Wildman–Crippen LogP) is 2.82. The van der Waals surface area contributed by atoms with Crippen LogP contribution in [0.25, 0.3) is 0 Å². The van der Waals surface area contributed by atoms with Gasteiger partial charge in [-0.05, 0) is 20.8 Å². The monoisotopic (exact) mass is 224 g/mol. The van der Waals surface area contributed by atoms with E-state index in [2.05, 4.69) is 9.47 Å². The second kappa shape index (κ2) is 8.02. The van der Waals surface area contributed by atoms with Gasteiger partial charge in [0.2, 0.25) is 0 Å². The fraction of sp³-hybridized carbons (Fsp3) is 0.462. The van der Waals surface area contributed by atoms with E-state index < -0.39 is 0 Å². The Morgan fingerprint density at radius 1 is 1.12 bits per heavy atom. The summed E-state index contributed by atoms with van der Waals surface area (Å²) in [6.45, 7) is 5.41. The molecule has 0 heterocycles. The van der Waals surface area contributed by atoms with Crippen molar-refractivity contribution in [2.75, 3.05) is 14.2 Å². The van der Waals surface area contributed by atoms with Crippen molar-refractivity contribution in [2.45, 2.75) is 27.1 Å². The van der Waals surface area contributed by atoms with E-state index >= 15 is 0 Å². The van der Waals surface area contributed by atoms with E-state index in [4.69, 9.17) is 0 Å². The van der Waals surface area contributed by atoms with Gasteiger partial charge in [0.05, 0.1) is 0 Å². The Labute approximate surface area is 97.4 Å². The maximum atomic E-state index is 10.8. The summed E-state index contributed by atoms with van der Waals surface area (Å²) in [6, 6.07) is 7.57. The topological polar surface area (TPSA) is 35.5 Å². The molecule has 0 spiro atoms. The number of hydrogen-bond donors (Lipinski definition) is 0. The van der Waals surface area contributed by atoms with Crippen LogP contribution in [0, 0.1) is 6.92 Å². The minimum Gasteiger partial charge on any atom is -0.356 e. The average molecular weight is 224 g/mol. The summed E-state index contributed by atoms with van der Waals surface area (Å²) in [6.07, 6.45) is -0.0648. The standard InChI is InChI=1S/C9H10O.C4H10O2/c1-7-3-5-9(6-4-7)8(2)10;1-4(5-2)6-3/h3-6H,1-2H3;4H,1-3H3. The van der Waals surface area contributed by atoms with Crippen LogP contribution in [-0.4, -0.2) is 26.3 Å². The Morgan fingerprint density at radius 3 is 1.81 bits per heavy atom. The third kappa shape index (κ3) is 6.32. The summed E-state index contributed by atoms with van der Waals surface area (Å²) in [7, 11) is 3.21. The number of methoxy groups -OCH3 is 2. The lowest BCUT2D eigenvalue weighted by molar-refractivity contribution is -0.0877. The molecule has 1 aromatic rings. The van der Waals surface area contributed by atoms with Crippen LogP contribution in [0.1, 0.15) is 29.8 Å². The number of benzene rings is 1. The second-order valence-electron chi connectivity index (χ2n) is 3.46. The maximum Gasteiger partial charge on any atom is 0.159 e. The maximum absolute atomic E-state index is 10.8. The second-order valence-corrected chi connectivity index (χ2v) is 3.46. The minimum atomic E-state index is -0.0648. The van der Waals surface area contributed by atoms with Crippen LogP contribution in [0.4, 0.5) is 0 Å². The van der Waals surface area contributed by atoms with Crippen LogP contribution in [0.3, 0.4) is 0 Å². The van der Waals surface area contributed by atoms with Crippen molar-refractivity contribution < 1.29 is 14.3 Å². The molecule has 3 nitrogen and oxygen atoms in total. The van der Waals surface area contributed by atoms with E-state index in [1.54, 1.807) is 21.1 Å². The van der Waals surface area contributed by atoms with Crippen LogP contribution in [0.5, 0.6) is 0 Å². The molecule has 3 heteroatoms. The number of carbonyl (C=O) groups is 1. The Balaban J connectivity index is 0.000000325. The molecule has 0 saturated heterocycles. The Kier molecular flexibility index (Phi) is 7.42. The third-order valence-electron chi connectivity index (χ3n) is 2.12. The molecule has 0 fully saturated rings. The number of ether oxygens (including phenoxy) is 2. The largest absolute Gasteiger partial charge is 0.356 e. The molecule has 0 amide bonds. The highest BCUT2D eigenvalue weighted by molar-refractivity contribution is 5.93. The van der Waals surface area contributed by atoms with Gasteiger partial charge in [0, 0.05) is 19.8 Å². The fourth-order valence-electron chi connectivity index (χ4n) is 0.884. The molecule has 0 aliphatic carbocycles. The van der Waals surface area contributed by atoms with Crippen molar-refractivity contribution >= 4 is 5.78 Å². The first-order valence-corrected chi connectivity index (χ1v) is 5.14. The van der Waals surface area contributed by atoms with Crippen LogP contribution >= 0.6 is 0 Å². The highest BCUT2D eigenvalue weighted by atomic mass is 16.7. The van der Waals surface area contributed by atoms with E-state index in [-0.39, 0.29) is 12.1 Å². The molecular formula is C13H20O3. The van der Waals surface area contributed by atoms with Gasteiger partial charge in [0.15, 0.2) is 12.1 Å². The smallest absolute Gasteiger partial charge is 0.159 e. The van der Waals surface area contributed by atoms with Gasteiger partial charge in [-0.2, -0.15) is 0 Å². The summed E-state index contributed by atoms with van der Waals surface area (Å²) in [4.78, 5) is 10.8. The van der Waals surface area contributed by atoms with E-state index in [1.807, 2.05) is 38.1 Å². The molecule has 0 unspecified atom stereocenters. The summed E-state index contributed by atoms with van der Waals surface area (Å²) >= 11 is 0. The Bertz CT molecular complexity index is 299. The zero-order chi connectivity index (χ0) is 12.6. The van der Waals surface area contributed by atoms with Crippen molar-refractivity contribution in [2.24, 2.45) is 0 Å². The number of ketones is 1. The lowest BCUT2D eigenvalue weighted by Gasteiger charge is -2.03. The van der Waals surface area contributed by atoms with Gasteiger partial charge in [0.25, 0.3) is 0 Å². The van der Waals surface area contributed by atoms with Gasteiger partial charge in [0.1, 0.15) is 0 Å². The number of Topliss-reactive ketones (excluding diaryl/α,β-unsaturated/α-hetero) is 1. The van der Waals surface area contributed by atoms with Gasteiger partial charge in [-0.3, -0.25) is 4.79 Å². The molecule has 0 bridgehead atoms. The van der Waals surface area contributed by atoms with E-state index in [0.717, 1.165) is 5.56 Å². The average Bonchev–Trinajstić information content (AvgIpc) is 2.29. The predicted molar refractivity (Wildman–Crippen MR) is 64.7 cm³/mol. The van der Waals surface area contributed by atoms with E-state index in [0.29, 0.717) is 0 Å². The molecule has 0 N–H and O–H groups in total. The van der Waals surface area contributed by atoms with Gasteiger partial charge in [-0.15, -0.1) is 0 Å². The first-order chi connectivity index (χ1) is 7.51. The number of carbonyl (C=O) groups excluding carboxylic acids is 1. The van der Waals surface area contributed by atoms with Crippen LogP contribution < -0.4 is 0 Å². The van der Waals surface area contributed by atoms with E-state index in [1.165, 1.54) is 5.56 Å². The van der Waals surface area contributed by atoms with Crippen molar-refractivity contribution in [3.05, 3.63) is 35.4 Å². The molecule has 0 saturated carbocycles. The van der Waals surface area contributed by atoms with Crippen LogP contribution in [0.2, 0.25) is 0 Å². The third-order valence-corrected chi connectivity index (χ3v) is 2.12. The van der Waals surface area contributed by atoms with Crippen LogP contribution in [-0.2, 0) is 9.47 Å². The number of aryl methyl sites for hydroxylation is 1. The number of rotatable bonds is 3. The van der Waals surface area contributed by atoms with Crippen LogP contribution in [0.15, 0.2) is 24.3 Å². The molecule has 0 atom stereocenters. The summed E-state index contributed by atoms with van der Waals surface area (Å²) < 4.78 is 9.35. The fourth-order valence-corrected chi connectivity index (χ4v) is 0.884. The number of hydrogen-bond acceptors (Lipinski definition) is 3. The van der Waals surface area contributed by atoms with Gasteiger partial charge >= 0.3 is 0 Å². The molecular weight excluding hydrogens is 204 g/mol. The SMILES string of the molecule is CC(=O)c1ccc(C)cc1.COC(C)OC. The summed E-state index contributed by atoms with van der Waals surface area (Å²) in [5, 5.41) is 0. The molecule has 16 heavy (non-hydrogen) atoms. The molecule has 0 aromatic heterocycles. The highest BCUT2D eigenvalue weighted by Crippen LogP contribution is 2.02. The zero-order valence-electron chi connectivity index (χ0n) is 10.6. The molecule has 1 aromatic carbocycles. The lowest BCUT2D eigenvalue weighted by Crippen LogP contribution is -2.05. The zero-order valence-corrected chi connectivity index (χ0v) is 10.6. The molecule has 0 radical (unpaired) electrons. The first-order valence-electron chi connectivity index (χ1n) is 5.14. The van der Waals surface area contributed by atoms with Gasteiger partial charge in [-0.1, -0.05) is 29.8 Å². The molecule has 0 aliphatic rings. The van der Waals surface area contributed by atoms with Crippen molar-refractivity contribution in [3.63, 3.8) is 0 Å². The minimum absolute atomic E-state index is 0.0648. The van der Waals surface area contributed by atoms with E-state index in [9.17, 15) is 4.79 Å². The van der Waals surface area contributed by atoms with Crippen molar-refractivity contribution in [1.82, 2.24) is 0 Å². The van der Waals surface area contributed by atoms with Crippen molar-refractivity contribution in [3.8, 4) is 0 Å². The lowest BCUT2D eigenvalue weighted by atomic mass is 10.1. The molecule has 90 valence electrons. The highest BCUT2D eigenvalue weighted by Gasteiger charge is 1.95. The normalized spacial score (nSPS) is 9.62. The first kappa shape index (κ1) is 14.8. The summed E-state index contributed by atoms with van der Waals surface area (Å²) in [5.74, 6) is 0.125. The Morgan fingerprint density at radius 2 is 1.56 bits per heavy atom. The van der Waals surface area contributed by atoms with Gasteiger partial charge < -0.3 is 9.47 Å².